The average molecular weight is 710 g/mol. The molecule has 5 saturated carbocycles. The third-order valence-electron chi connectivity index (χ3n) is 17.2. The van der Waals surface area contributed by atoms with Gasteiger partial charge in [-0.05, 0) is 131 Å². The van der Waals surface area contributed by atoms with Crippen molar-refractivity contribution in [2.45, 2.75) is 177 Å². The van der Waals surface area contributed by atoms with Gasteiger partial charge in [0.1, 0.15) is 6.10 Å². The standard InChI is InChI=1S/C44H71NO6/c1-27(2)36-30(46)24-44(33(47)26-45(10)28-14-12-11-13-15-28)23-22-42(8)29(37(36)44)16-17-32-41(7)20-19-34(51-35(48)25-39(3,4)38(49)50)40(5,6)31(41)18-21-43(32,42)9/h27-29,31-34,47H,11-26H2,1-10H3,(H,49,50)/t29-,31+,32-,33?,34+,41+,42-,43-,44+/m1/s1. The van der Waals surface area contributed by atoms with E-state index < -0.39 is 28.9 Å². The Kier molecular flexibility index (Phi) is 10.1. The minimum atomic E-state index is -1.15. The Bertz CT molecular complexity index is 1420. The highest BCUT2D eigenvalue weighted by molar-refractivity contribution is 6.00. The zero-order chi connectivity index (χ0) is 37.5. The Morgan fingerprint density at radius 1 is 0.882 bits per heavy atom. The number of carboxylic acid groups (broad SMARTS) is 1. The van der Waals surface area contributed by atoms with Gasteiger partial charge >= 0.3 is 11.9 Å². The number of aliphatic carboxylic acids is 1. The Morgan fingerprint density at radius 3 is 2.18 bits per heavy atom. The maximum Gasteiger partial charge on any atom is 0.309 e. The molecule has 0 aromatic heterocycles. The number of esters is 1. The number of likely N-dealkylation sites (N-methyl/N-ethyl adjacent to an activating group) is 1. The van der Waals surface area contributed by atoms with Gasteiger partial charge in [-0.2, -0.15) is 0 Å². The van der Waals surface area contributed by atoms with E-state index in [4.69, 9.17) is 4.74 Å². The molecule has 0 saturated heterocycles. The van der Waals surface area contributed by atoms with Gasteiger partial charge in [-0.1, -0.05) is 73.3 Å². The summed E-state index contributed by atoms with van der Waals surface area (Å²) in [6.07, 6.45) is 13.9. The second kappa shape index (κ2) is 13.2. The van der Waals surface area contributed by atoms with Crippen molar-refractivity contribution in [1.82, 2.24) is 4.90 Å². The number of hydrogen-bond donors (Lipinski definition) is 2. The minimum absolute atomic E-state index is 0.0261. The molecular formula is C44H71NO6. The summed E-state index contributed by atoms with van der Waals surface area (Å²) in [4.78, 5) is 41.4. The first-order valence-electron chi connectivity index (χ1n) is 20.7. The monoisotopic (exact) mass is 710 g/mol. The number of Topliss-reactive ketones (excluding diaryl/α,β-unsaturated/α-hetero) is 1. The highest BCUT2D eigenvalue weighted by Crippen LogP contribution is 2.77. The van der Waals surface area contributed by atoms with Crippen LogP contribution in [0.2, 0.25) is 0 Å². The zero-order valence-electron chi connectivity index (χ0n) is 33.8. The Labute approximate surface area is 309 Å². The van der Waals surface area contributed by atoms with E-state index in [1.165, 1.54) is 37.7 Å². The molecule has 0 bridgehead atoms. The highest BCUT2D eigenvalue weighted by Gasteiger charge is 2.71. The quantitative estimate of drug-likeness (QED) is 0.230. The summed E-state index contributed by atoms with van der Waals surface area (Å²) in [7, 11) is 2.20. The first-order valence-corrected chi connectivity index (χ1v) is 20.7. The van der Waals surface area contributed by atoms with Crippen molar-refractivity contribution in [2.75, 3.05) is 13.6 Å². The minimum Gasteiger partial charge on any atom is -0.481 e. The molecule has 6 aliphatic carbocycles. The van der Waals surface area contributed by atoms with Gasteiger partial charge in [-0.15, -0.1) is 0 Å². The summed E-state index contributed by atoms with van der Waals surface area (Å²) in [6.45, 7) is 20.5. The molecule has 6 aliphatic rings. The Morgan fingerprint density at radius 2 is 1.55 bits per heavy atom. The van der Waals surface area contributed by atoms with E-state index in [2.05, 4.69) is 60.4 Å². The molecule has 51 heavy (non-hydrogen) atoms. The molecule has 9 atom stereocenters. The van der Waals surface area contributed by atoms with Crippen molar-refractivity contribution in [3.05, 3.63) is 11.1 Å². The lowest BCUT2D eigenvalue weighted by molar-refractivity contribution is -0.235. The van der Waals surface area contributed by atoms with E-state index in [0.29, 0.717) is 36.8 Å². The summed E-state index contributed by atoms with van der Waals surface area (Å²) in [5, 5.41) is 22.0. The van der Waals surface area contributed by atoms with Crippen LogP contribution in [0.1, 0.15) is 159 Å². The van der Waals surface area contributed by atoms with Crippen LogP contribution in [0.25, 0.3) is 0 Å². The van der Waals surface area contributed by atoms with E-state index in [1.807, 2.05) is 0 Å². The zero-order valence-corrected chi connectivity index (χ0v) is 33.8. The number of ketones is 1. The maximum atomic E-state index is 14.1. The van der Waals surface area contributed by atoms with E-state index in [-0.39, 0.29) is 45.9 Å². The number of carbonyl (C=O) groups excluding carboxylic acids is 2. The van der Waals surface area contributed by atoms with E-state index >= 15 is 0 Å². The van der Waals surface area contributed by atoms with Crippen LogP contribution in [0.15, 0.2) is 11.1 Å². The van der Waals surface area contributed by atoms with Crippen LogP contribution in [0.3, 0.4) is 0 Å². The molecule has 1 unspecified atom stereocenters. The Hall–Kier alpha value is -1.73. The molecular weight excluding hydrogens is 638 g/mol. The second-order valence-corrected chi connectivity index (χ2v) is 20.8. The molecule has 288 valence electrons. The number of nitrogens with zero attached hydrogens (tertiary/aromatic N) is 1. The fraction of sp³-hybridized carbons (Fsp3) is 0.886. The van der Waals surface area contributed by atoms with Gasteiger partial charge in [0.05, 0.1) is 17.9 Å². The second-order valence-electron chi connectivity index (χ2n) is 20.8. The first kappa shape index (κ1) is 39.0. The number of aliphatic hydroxyl groups is 1. The van der Waals surface area contributed by atoms with Gasteiger partial charge in [0.2, 0.25) is 0 Å². The number of hydrogen-bond acceptors (Lipinski definition) is 6. The van der Waals surface area contributed by atoms with Crippen LogP contribution in [-0.4, -0.2) is 64.7 Å². The molecule has 7 nitrogen and oxygen atoms in total. The Balaban J connectivity index is 1.28. The number of rotatable bonds is 9. The molecule has 6 rings (SSSR count). The maximum absolute atomic E-state index is 14.1. The van der Waals surface area contributed by atoms with Crippen LogP contribution < -0.4 is 0 Å². The lowest BCUT2D eigenvalue weighted by atomic mass is 9.33. The number of aliphatic hydroxyl groups excluding tert-OH is 1. The smallest absolute Gasteiger partial charge is 0.309 e. The molecule has 0 aromatic carbocycles. The number of ether oxygens (including phenoxy) is 1. The van der Waals surface area contributed by atoms with Crippen LogP contribution >= 0.6 is 0 Å². The summed E-state index contributed by atoms with van der Waals surface area (Å²) in [5.74, 6) is 0.254. The summed E-state index contributed by atoms with van der Waals surface area (Å²) in [5.41, 5.74) is 0.768. The topological polar surface area (TPSA) is 104 Å². The third kappa shape index (κ3) is 6.00. The molecule has 0 spiro atoms. The molecule has 0 radical (unpaired) electrons. The lowest BCUT2D eigenvalue weighted by Crippen LogP contribution is -2.66. The molecule has 2 N–H and O–H groups in total. The highest BCUT2D eigenvalue weighted by atomic mass is 16.5. The van der Waals surface area contributed by atoms with E-state index in [0.717, 1.165) is 56.9 Å². The lowest BCUT2D eigenvalue weighted by Gasteiger charge is -2.72. The largest absolute Gasteiger partial charge is 0.481 e. The van der Waals surface area contributed by atoms with Gasteiger partial charge in [0.25, 0.3) is 0 Å². The molecule has 0 amide bonds. The van der Waals surface area contributed by atoms with Crippen LogP contribution in [-0.2, 0) is 19.1 Å². The van der Waals surface area contributed by atoms with Crippen LogP contribution in [0.4, 0.5) is 0 Å². The molecule has 0 aliphatic heterocycles. The van der Waals surface area contributed by atoms with Crippen LogP contribution in [0, 0.1) is 56.2 Å². The van der Waals surface area contributed by atoms with Gasteiger partial charge in [0.15, 0.2) is 5.78 Å². The molecule has 5 fully saturated rings. The number of carboxylic acids is 1. The van der Waals surface area contributed by atoms with Crippen molar-refractivity contribution >= 4 is 17.7 Å². The SMILES string of the molecule is CC(C)C1=C2[C@H]3CC[C@@H]4[C@@]5(C)CC[C@H](OC(=O)CC(C)(C)C(=O)O)C(C)(C)[C@@H]5CC[C@@]4(C)[C@]3(C)CC[C@@]2(C(O)CN(C)C2CCCCC2)CC1=O. The number of carbonyl (C=O) groups is 3. The summed E-state index contributed by atoms with van der Waals surface area (Å²) < 4.78 is 6.18. The van der Waals surface area contributed by atoms with Gasteiger partial charge in [0, 0.05) is 29.8 Å². The van der Waals surface area contributed by atoms with Crippen molar-refractivity contribution in [3.63, 3.8) is 0 Å². The number of allylic oxidation sites excluding steroid dienone is 1. The molecule has 0 aromatic rings. The van der Waals surface area contributed by atoms with Crippen molar-refractivity contribution < 1.29 is 29.3 Å². The predicted octanol–water partition coefficient (Wildman–Crippen LogP) is 9.01. The van der Waals surface area contributed by atoms with Crippen molar-refractivity contribution in [2.24, 2.45) is 56.2 Å². The fourth-order valence-electron chi connectivity index (χ4n) is 14.0. The number of fused-ring (bicyclic) bond motifs is 7. The van der Waals surface area contributed by atoms with Crippen molar-refractivity contribution in [1.29, 1.82) is 0 Å². The van der Waals surface area contributed by atoms with Gasteiger partial charge in [-0.3, -0.25) is 14.4 Å². The first-order chi connectivity index (χ1) is 23.7. The normalized spacial score (nSPS) is 40.4. The van der Waals surface area contributed by atoms with Gasteiger partial charge in [-0.25, -0.2) is 0 Å². The third-order valence-corrected chi connectivity index (χ3v) is 17.2. The van der Waals surface area contributed by atoms with Gasteiger partial charge < -0.3 is 19.8 Å². The van der Waals surface area contributed by atoms with Crippen LogP contribution in [0.5, 0.6) is 0 Å². The summed E-state index contributed by atoms with van der Waals surface area (Å²) >= 11 is 0. The fourth-order valence-corrected chi connectivity index (χ4v) is 14.0. The van der Waals surface area contributed by atoms with E-state index in [9.17, 15) is 24.6 Å². The van der Waals surface area contributed by atoms with E-state index in [1.54, 1.807) is 13.8 Å². The molecule has 7 heteroatoms. The molecule has 0 heterocycles. The summed E-state index contributed by atoms with van der Waals surface area (Å²) in [6, 6.07) is 0.525. The predicted molar refractivity (Wildman–Crippen MR) is 201 cm³/mol. The van der Waals surface area contributed by atoms with Crippen molar-refractivity contribution in [3.8, 4) is 0 Å². The average Bonchev–Trinajstić information content (AvgIpc) is 3.36.